The number of hydroxylamine groups is 1. The van der Waals surface area contributed by atoms with Gasteiger partial charge in [0.1, 0.15) is 101 Å². The molecule has 0 spiro atoms. The predicted octanol–water partition coefficient (Wildman–Crippen LogP) is 1.90. The largest absolute Gasteiger partial charge is 0.508 e. The fourth-order valence-electron chi connectivity index (χ4n) is 14.9. The third kappa shape index (κ3) is 20.4. The Balaban J connectivity index is 0.995. The van der Waals surface area contributed by atoms with Gasteiger partial charge in [-0.2, -0.15) is 4.98 Å². The SMILES string of the molecule is CNC(CC(C)C)C(=O)NC1C(=O)NC(CC(N)=O)C(=O)NC2C(=O)NC3C(=O)NC(C(=O)N[C@@H](C(=O)NO)c4cc(O)cc(O)c4-c4cc3ccc4O)C(O)c3ccc(c(Cl)c3)Oc3cc2cc(c3OC2OC(CO)C(O)C(O)C2OC2C[C@](C)(NCCn3ccc(NC(=O)Cc4ccc(Cl)c(Cl)c4)nc3=O)C(O)C(C)O2)Oc2ccc(cc2Cl)C1O. The molecule has 0 radical (unpaired) electrons. The minimum absolute atomic E-state index is 0.0432. The van der Waals surface area contributed by atoms with Crippen molar-refractivity contribution in [3.8, 4) is 57.1 Å². The lowest BCUT2D eigenvalue weighted by Gasteiger charge is -2.48. The summed E-state index contributed by atoms with van der Waals surface area (Å²) in [5.74, 6) is -16.6. The summed E-state index contributed by atoms with van der Waals surface area (Å²) in [6.45, 7) is 5.56. The molecular formula is C80H87Cl4N13O26. The van der Waals surface area contributed by atoms with Crippen molar-refractivity contribution >= 4 is 105 Å². The van der Waals surface area contributed by atoms with Gasteiger partial charge in [-0.1, -0.05) is 84.5 Å². The molecule has 1 aromatic heterocycles. The maximum Gasteiger partial charge on any atom is 0.349 e. The average Bonchev–Trinajstić information content (AvgIpc) is 0.757. The quantitative estimate of drug-likeness (QED) is 0.0383. The Morgan fingerprint density at radius 1 is 0.699 bits per heavy atom. The lowest BCUT2D eigenvalue weighted by atomic mass is 9.85. The first kappa shape index (κ1) is 91.1. The highest BCUT2D eigenvalue weighted by Gasteiger charge is 2.52. The molecule has 39 nitrogen and oxygen atoms in total. The van der Waals surface area contributed by atoms with Crippen molar-refractivity contribution < 1.29 is 123 Å². The summed E-state index contributed by atoms with van der Waals surface area (Å²) < 4.78 is 40.5. The minimum Gasteiger partial charge on any atom is -0.508 e. The molecule has 0 aliphatic carbocycles. The van der Waals surface area contributed by atoms with E-state index < -0.39 is 254 Å². The van der Waals surface area contributed by atoms with Gasteiger partial charge in [-0.25, -0.2) is 10.3 Å². The number of carbonyl (C=O) groups is 9. The first-order valence-electron chi connectivity index (χ1n) is 38.3. The van der Waals surface area contributed by atoms with Crippen molar-refractivity contribution in [2.75, 3.05) is 25.5 Å². The number of phenols is 3. The number of ether oxygens (including phenoxy) is 6. The highest BCUT2D eigenvalue weighted by Crippen LogP contribution is 2.50. The van der Waals surface area contributed by atoms with Crippen molar-refractivity contribution in [2.24, 2.45) is 11.7 Å². The molecule has 18 atom stereocenters. The number of aromatic nitrogens is 2. The van der Waals surface area contributed by atoms with Gasteiger partial charge < -0.3 is 128 Å². The molecule has 7 aliphatic heterocycles. The van der Waals surface area contributed by atoms with Gasteiger partial charge in [0.15, 0.2) is 23.9 Å². The summed E-state index contributed by atoms with van der Waals surface area (Å²) in [6, 6.07) is 5.07. The molecule has 16 unspecified atom stereocenters. The number of phenolic OH excluding ortho intramolecular Hbond substituents is 3. The van der Waals surface area contributed by atoms with Crippen LogP contribution in [0.2, 0.25) is 20.1 Å². The number of anilines is 1. The highest BCUT2D eigenvalue weighted by molar-refractivity contribution is 6.42. The van der Waals surface area contributed by atoms with Crippen LogP contribution in [0.3, 0.4) is 0 Å². The maximum absolute atomic E-state index is 16.3. The number of nitrogens with one attached hydrogen (secondary N) is 10. The molecule has 8 heterocycles. The molecule has 11 bridgehead atoms. The number of carbonyl (C=O) groups excluding carboxylic acids is 9. The number of likely N-dealkylation sites (N-methyl/N-ethyl adjacent to an activating group) is 1. The number of rotatable bonds is 20. The van der Waals surface area contributed by atoms with E-state index in [0.717, 1.165) is 66.7 Å². The zero-order chi connectivity index (χ0) is 89.1. The van der Waals surface area contributed by atoms with Crippen molar-refractivity contribution in [1.29, 1.82) is 0 Å². The minimum atomic E-state index is -2.40. The lowest BCUT2D eigenvalue weighted by molar-refractivity contribution is -0.334. The van der Waals surface area contributed by atoms with E-state index in [4.69, 9.17) is 80.6 Å². The Hall–Kier alpha value is -11.1. The predicted molar refractivity (Wildman–Crippen MR) is 433 cm³/mol. The van der Waals surface area contributed by atoms with E-state index in [2.05, 4.69) is 52.8 Å². The van der Waals surface area contributed by atoms with Gasteiger partial charge in [-0.15, -0.1) is 0 Å². The molecule has 22 N–H and O–H groups in total. The monoisotopic (exact) mass is 1790 g/mol. The fourth-order valence-corrected chi connectivity index (χ4v) is 15.6. The number of halogens is 4. The van der Waals surface area contributed by atoms with E-state index in [1.54, 1.807) is 26.8 Å². The van der Waals surface area contributed by atoms with Gasteiger partial charge in [-0.3, -0.25) is 52.9 Å². The molecule has 123 heavy (non-hydrogen) atoms. The number of aromatic hydroxyl groups is 3. The Morgan fingerprint density at radius 3 is 1.98 bits per heavy atom. The van der Waals surface area contributed by atoms with Crippen LogP contribution in [-0.2, 0) is 70.3 Å². The first-order valence-corrected chi connectivity index (χ1v) is 39.8. The number of fused-ring (bicyclic) bond motifs is 15. The van der Waals surface area contributed by atoms with Crippen LogP contribution in [0.1, 0.15) is 111 Å². The average molecular weight is 1790 g/mol. The number of primary amides is 1. The second-order valence-electron chi connectivity index (χ2n) is 30.5. The number of aliphatic hydroxyl groups is 6. The molecule has 6 aromatic carbocycles. The van der Waals surface area contributed by atoms with E-state index in [0.29, 0.717) is 5.56 Å². The second-order valence-corrected chi connectivity index (χ2v) is 32.1. The Morgan fingerprint density at radius 2 is 1.35 bits per heavy atom. The van der Waals surface area contributed by atoms with E-state index in [1.165, 1.54) is 60.5 Å². The van der Waals surface area contributed by atoms with Crippen molar-refractivity contribution in [2.45, 2.75) is 169 Å². The zero-order valence-electron chi connectivity index (χ0n) is 65.7. The number of nitrogens with two attached hydrogens (primary N) is 1. The van der Waals surface area contributed by atoms with Crippen LogP contribution < -0.4 is 79.0 Å². The van der Waals surface area contributed by atoms with Crippen LogP contribution in [0.15, 0.2) is 114 Å². The molecule has 656 valence electrons. The molecule has 43 heteroatoms. The first-order chi connectivity index (χ1) is 58.3. The van der Waals surface area contributed by atoms with Crippen molar-refractivity contribution in [3.63, 3.8) is 0 Å². The third-order valence-corrected chi connectivity index (χ3v) is 22.6. The van der Waals surface area contributed by atoms with E-state index in [-0.39, 0.29) is 76.6 Å². The van der Waals surface area contributed by atoms with Crippen LogP contribution in [-0.4, -0.2) is 213 Å². The van der Waals surface area contributed by atoms with Crippen LogP contribution in [0.5, 0.6) is 46.0 Å². The second kappa shape index (κ2) is 38.4. The smallest absolute Gasteiger partial charge is 0.349 e. The standard InChI is InChI=1S/C80H87Cl4N13O26/c1-31(2)18-45(86-5)71(109)94-62-64(104)35-8-12-49(43(83)22-35)119-51-24-37-25-52(68(51)123-78-69(67(107)66(106)53(30-98)121-78)122-57-29-80(4,70(108)32(3)118-57)87-15-17-97-16-14-55(90-79(97)116)89-56(103)20-33-6-10-41(81)42(82)19-33)120-50-13-9-36(23-44(50)84)65(105)63-76(114)93-61(77(115)96-117)40-26-38(99)27-48(101)58(40)39-21-34(7-11-47(39)100)59(73(111)95-63)92-74(112)60(37)91-72(110)46(28-54(85)102)88-75(62)113/h6-14,16,19,21-27,31-32,45-46,53,57,59-67,69-70,78,86-87,98-101,104-108,117H,15,17-18,20,28-30H2,1-5H3,(H2,85,102)(H,88,113)(H,91,110)(H,92,112)(H,93,114)(H,94,109)(H,95,111)(H,96,115)(H,89,90,103,116)/t32?,45?,46?,53?,57?,59?,60?,61-,62?,63?,64?,65?,66?,67?,69?,70?,78?,80+/m1/s1. The number of amides is 9. The van der Waals surface area contributed by atoms with Gasteiger partial charge in [0.2, 0.25) is 59.3 Å². The topological polar surface area (TPSA) is 593 Å². The van der Waals surface area contributed by atoms with Gasteiger partial charge in [0.25, 0.3) is 5.91 Å². The Bertz CT molecular complexity index is 5330. The third-order valence-electron chi connectivity index (χ3n) is 21.2. The number of aliphatic hydroxyl groups excluding tert-OH is 6. The Labute approximate surface area is 718 Å². The van der Waals surface area contributed by atoms with Gasteiger partial charge in [-0.05, 0) is 139 Å². The van der Waals surface area contributed by atoms with Crippen LogP contribution in [0.25, 0.3) is 11.1 Å². The Kier molecular flexibility index (Phi) is 28.4. The van der Waals surface area contributed by atoms with Gasteiger partial charge in [0.05, 0.1) is 57.8 Å². The van der Waals surface area contributed by atoms with Crippen LogP contribution >= 0.6 is 46.4 Å². The van der Waals surface area contributed by atoms with Crippen LogP contribution in [0, 0.1) is 5.92 Å². The normalized spacial score (nSPS) is 26.2. The van der Waals surface area contributed by atoms with Gasteiger partial charge in [0, 0.05) is 48.4 Å². The highest BCUT2D eigenvalue weighted by atomic mass is 35.5. The maximum atomic E-state index is 16.3. The van der Waals surface area contributed by atoms with Crippen molar-refractivity contribution in [1.82, 2.24) is 57.6 Å². The molecule has 2 fully saturated rings. The number of benzene rings is 6. The molecule has 7 aromatic rings. The lowest BCUT2D eigenvalue weighted by Crippen LogP contribution is -2.65. The molecule has 9 amide bonds. The molecule has 7 aliphatic rings. The summed E-state index contributed by atoms with van der Waals surface area (Å²) in [5, 5.41) is 139. The number of hydrogen-bond donors (Lipinski definition) is 21. The summed E-state index contributed by atoms with van der Waals surface area (Å²) in [7, 11) is 1.46. The number of hydrogen-bond acceptors (Lipinski definition) is 29. The molecule has 2 saturated heterocycles. The summed E-state index contributed by atoms with van der Waals surface area (Å²) in [6.07, 6.45) is -18.3. The molecule has 14 rings (SSSR count). The van der Waals surface area contributed by atoms with E-state index in [9.17, 15) is 79.9 Å². The number of nitrogens with zero attached hydrogens (tertiary/aromatic N) is 2. The summed E-state index contributed by atoms with van der Waals surface area (Å²) >= 11 is 26.5. The summed E-state index contributed by atoms with van der Waals surface area (Å²) in [4.78, 5) is 149. The molecule has 0 saturated carbocycles. The van der Waals surface area contributed by atoms with E-state index in [1.807, 2.05) is 0 Å². The fraction of sp³-hybridized carbons (Fsp3) is 0.388. The molecular weight excluding hydrogens is 1700 g/mol. The van der Waals surface area contributed by atoms with Crippen LogP contribution in [0.4, 0.5) is 5.82 Å². The zero-order valence-corrected chi connectivity index (χ0v) is 68.7. The van der Waals surface area contributed by atoms with Crippen molar-refractivity contribution in [3.05, 3.63) is 173 Å². The van der Waals surface area contributed by atoms with Gasteiger partial charge >= 0.3 is 5.69 Å². The van der Waals surface area contributed by atoms with E-state index >= 15 is 19.2 Å². The summed E-state index contributed by atoms with van der Waals surface area (Å²) in [5.41, 5.74) is 2.58.